The number of carbonyl (C=O) groups excluding carboxylic acids is 1. The monoisotopic (exact) mass is 338 g/mol. The zero-order chi connectivity index (χ0) is 17.4. The van der Waals surface area contributed by atoms with Crippen molar-refractivity contribution in [3.63, 3.8) is 0 Å². The van der Waals surface area contributed by atoms with Crippen molar-refractivity contribution in [3.8, 4) is 0 Å². The second kappa shape index (κ2) is 6.33. The van der Waals surface area contributed by atoms with Gasteiger partial charge in [-0.25, -0.2) is 4.98 Å². The molecule has 2 aromatic rings. The van der Waals surface area contributed by atoms with Crippen LogP contribution in [0.1, 0.15) is 34.5 Å². The highest BCUT2D eigenvalue weighted by atomic mass is 16.2. The third-order valence-electron chi connectivity index (χ3n) is 4.71. The fourth-order valence-electron chi connectivity index (χ4n) is 3.36. The Labute approximate surface area is 146 Å². The van der Waals surface area contributed by atoms with Gasteiger partial charge in [0.1, 0.15) is 11.4 Å². The number of rotatable bonds is 4. The van der Waals surface area contributed by atoms with E-state index in [4.69, 9.17) is 0 Å². The number of carbonyl (C=O) groups is 1. The maximum Gasteiger partial charge on any atom is 0.257 e. The molecule has 1 aromatic carbocycles. The molecule has 0 bridgehead atoms. The second-order valence-electron chi connectivity index (χ2n) is 6.59. The molecule has 1 saturated heterocycles. The normalized spacial score (nSPS) is 18.8. The predicted octanol–water partition coefficient (Wildman–Crippen LogP) is 1.92. The van der Waals surface area contributed by atoms with Crippen molar-refractivity contribution < 1.29 is 4.79 Å². The number of aryl methyl sites for hydroxylation is 1. The van der Waals surface area contributed by atoms with Gasteiger partial charge in [0.05, 0.1) is 18.4 Å². The first-order chi connectivity index (χ1) is 12.1. The van der Waals surface area contributed by atoms with E-state index in [1.165, 1.54) is 0 Å². The number of amides is 1. The van der Waals surface area contributed by atoms with Gasteiger partial charge in [0, 0.05) is 12.7 Å². The lowest BCUT2D eigenvalue weighted by Gasteiger charge is -2.25. The van der Waals surface area contributed by atoms with Crippen LogP contribution in [-0.4, -0.2) is 35.6 Å². The highest BCUT2D eigenvalue weighted by molar-refractivity contribution is 6.02. The molecule has 2 aliphatic rings. The van der Waals surface area contributed by atoms with Crippen molar-refractivity contribution in [2.45, 2.75) is 32.5 Å². The van der Waals surface area contributed by atoms with Gasteiger partial charge in [-0.05, 0) is 44.0 Å². The van der Waals surface area contributed by atoms with E-state index in [0.717, 1.165) is 36.3 Å². The molecular formula is C18H22N6O. The molecule has 1 fully saturated rings. The topological polar surface area (TPSA) is 82.2 Å². The fraction of sp³-hybridized carbons (Fsp3) is 0.389. The summed E-state index contributed by atoms with van der Waals surface area (Å²) in [5.41, 5.74) is 3.34. The lowest BCUT2D eigenvalue weighted by Crippen LogP contribution is -2.40. The molecule has 0 radical (unpaired) electrons. The Hall–Kier alpha value is -2.67. The molecule has 3 N–H and O–H groups in total. The van der Waals surface area contributed by atoms with Crippen LogP contribution in [0.4, 0.5) is 17.5 Å². The summed E-state index contributed by atoms with van der Waals surface area (Å²) in [5, 5.41) is 9.60. The second-order valence-corrected chi connectivity index (χ2v) is 6.59. The Morgan fingerprint density at radius 3 is 2.96 bits per heavy atom. The van der Waals surface area contributed by atoms with Crippen molar-refractivity contribution in [3.05, 3.63) is 41.1 Å². The molecule has 130 valence electrons. The number of anilines is 3. The van der Waals surface area contributed by atoms with Gasteiger partial charge in [-0.3, -0.25) is 10.1 Å². The van der Waals surface area contributed by atoms with Crippen molar-refractivity contribution >= 4 is 23.4 Å². The summed E-state index contributed by atoms with van der Waals surface area (Å²) in [4.78, 5) is 23.6. The third-order valence-corrected chi connectivity index (χ3v) is 4.71. The van der Waals surface area contributed by atoms with Crippen molar-refractivity contribution in [1.82, 2.24) is 20.6 Å². The lowest BCUT2D eigenvalue weighted by molar-refractivity contribution is 0.0966. The van der Waals surface area contributed by atoms with E-state index in [-0.39, 0.29) is 12.1 Å². The highest BCUT2D eigenvalue weighted by Gasteiger charge is 2.29. The van der Waals surface area contributed by atoms with Gasteiger partial charge >= 0.3 is 0 Å². The lowest BCUT2D eigenvalue weighted by atomic mass is 10.2. The number of nitrogens with zero attached hydrogens (tertiary/aromatic N) is 3. The minimum atomic E-state index is -0.127. The Balaban J connectivity index is 1.72. The summed E-state index contributed by atoms with van der Waals surface area (Å²) in [6.45, 7) is 3.49. The Morgan fingerprint density at radius 1 is 1.32 bits per heavy atom. The smallest absolute Gasteiger partial charge is 0.257 e. The zero-order valence-electron chi connectivity index (χ0n) is 14.5. The van der Waals surface area contributed by atoms with Crippen LogP contribution in [0.2, 0.25) is 0 Å². The van der Waals surface area contributed by atoms with E-state index in [1.54, 1.807) is 0 Å². The van der Waals surface area contributed by atoms with Crippen molar-refractivity contribution in [2.75, 3.05) is 23.8 Å². The summed E-state index contributed by atoms with van der Waals surface area (Å²) >= 11 is 0. The van der Waals surface area contributed by atoms with Crippen LogP contribution in [0.25, 0.3) is 0 Å². The standard InChI is InChI=1S/C18H22N6O/c1-11-5-3-6-12(9-11)21-16-15-13(10-20-17(15)25)22-18(23-16)24(2)14-7-4-8-19-14/h3,5-6,9,14,19H,4,7-8,10H2,1-2H3,(H,20,25)(H,21,22,23). The average Bonchev–Trinajstić information content (AvgIpc) is 3.24. The molecular weight excluding hydrogens is 316 g/mol. The van der Waals surface area contributed by atoms with Crippen LogP contribution in [0.15, 0.2) is 24.3 Å². The van der Waals surface area contributed by atoms with Crippen LogP contribution in [0.3, 0.4) is 0 Å². The first kappa shape index (κ1) is 15.8. The van der Waals surface area contributed by atoms with Crippen LogP contribution < -0.4 is 20.9 Å². The van der Waals surface area contributed by atoms with Gasteiger partial charge in [-0.15, -0.1) is 0 Å². The molecule has 0 aliphatic carbocycles. The first-order valence-corrected chi connectivity index (χ1v) is 8.61. The molecule has 1 unspecified atom stereocenters. The number of hydrogen-bond acceptors (Lipinski definition) is 6. The van der Waals surface area contributed by atoms with E-state index >= 15 is 0 Å². The third kappa shape index (κ3) is 3.02. The number of aromatic nitrogens is 2. The van der Waals surface area contributed by atoms with E-state index in [1.807, 2.05) is 38.2 Å². The highest BCUT2D eigenvalue weighted by Crippen LogP contribution is 2.28. The van der Waals surface area contributed by atoms with Gasteiger partial charge in [0.15, 0.2) is 0 Å². The molecule has 1 atom stereocenters. The van der Waals surface area contributed by atoms with E-state index < -0.39 is 0 Å². The van der Waals surface area contributed by atoms with Gasteiger partial charge < -0.3 is 15.5 Å². The minimum Gasteiger partial charge on any atom is -0.346 e. The summed E-state index contributed by atoms with van der Waals surface area (Å²) in [7, 11) is 1.99. The summed E-state index contributed by atoms with van der Waals surface area (Å²) in [5.74, 6) is 1.06. The van der Waals surface area contributed by atoms with Crippen LogP contribution >= 0.6 is 0 Å². The van der Waals surface area contributed by atoms with Gasteiger partial charge in [-0.1, -0.05) is 12.1 Å². The summed E-state index contributed by atoms with van der Waals surface area (Å²) < 4.78 is 0. The first-order valence-electron chi connectivity index (χ1n) is 8.61. The van der Waals surface area contributed by atoms with E-state index in [2.05, 4.69) is 30.8 Å². The van der Waals surface area contributed by atoms with Crippen molar-refractivity contribution in [1.29, 1.82) is 0 Å². The number of hydrogen-bond donors (Lipinski definition) is 3. The van der Waals surface area contributed by atoms with Crippen molar-refractivity contribution in [2.24, 2.45) is 0 Å². The quantitative estimate of drug-likeness (QED) is 0.790. The summed E-state index contributed by atoms with van der Waals surface area (Å²) in [6, 6.07) is 8.02. The van der Waals surface area contributed by atoms with Crippen LogP contribution in [0.5, 0.6) is 0 Å². The van der Waals surface area contributed by atoms with Gasteiger partial charge in [0.25, 0.3) is 5.91 Å². The molecule has 25 heavy (non-hydrogen) atoms. The largest absolute Gasteiger partial charge is 0.346 e. The predicted molar refractivity (Wildman–Crippen MR) is 97.1 cm³/mol. The SMILES string of the molecule is Cc1cccc(Nc2nc(N(C)C3CCCN3)nc3c2C(=O)NC3)c1. The maximum absolute atomic E-state index is 12.2. The zero-order valence-corrected chi connectivity index (χ0v) is 14.5. The van der Waals surface area contributed by atoms with Crippen LogP contribution in [-0.2, 0) is 6.54 Å². The maximum atomic E-state index is 12.2. The molecule has 1 amide bonds. The molecule has 2 aliphatic heterocycles. The Bertz CT molecular complexity index is 815. The molecule has 4 rings (SSSR count). The molecule has 3 heterocycles. The number of nitrogens with one attached hydrogen (secondary N) is 3. The molecule has 7 heteroatoms. The molecule has 1 aromatic heterocycles. The fourth-order valence-corrected chi connectivity index (χ4v) is 3.36. The molecule has 7 nitrogen and oxygen atoms in total. The molecule has 0 spiro atoms. The van der Waals surface area contributed by atoms with Gasteiger partial charge in [-0.2, -0.15) is 4.98 Å². The number of benzene rings is 1. The van der Waals surface area contributed by atoms with E-state index in [9.17, 15) is 4.79 Å². The minimum absolute atomic E-state index is 0.127. The Morgan fingerprint density at radius 2 is 2.20 bits per heavy atom. The molecule has 0 saturated carbocycles. The van der Waals surface area contributed by atoms with E-state index in [0.29, 0.717) is 23.9 Å². The van der Waals surface area contributed by atoms with Crippen LogP contribution in [0, 0.1) is 6.92 Å². The summed E-state index contributed by atoms with van der Waals surface area (Å²) in [6.07, 6.45) is 2.44. The average molecular weight is 338 g/mol. The number of fused-ring (bicyclic) bond motifs is 1. The Kier molecular flexibility index (Phi) is 4.01. The van der Waals surface area contributed by atoms with Gasteiger partial charge in [0.2, 0.25) is 5.95 Å².